The molecule has 0 N–H and O–H groups in total. The predicted molar refractivity (Wildman–Crippen MR) is 27.2 cm³/mol. The summed E-state index contributed by atoms with van der Waals surface area (Å²) in [7, 11) is 0. The van der Waals surface area contributed by atoms with Crippen LogP contribution in [0.4, 0.5) is 0 Å². The first-order valence-electron chi connectivity index (χ1n) is 0.943. The summed E-state index contributed by atoms with van der Waals surface area (Å²) in [4.78, 5) is 0. The number of hydrogen-bond donors (Lipinski definition) is 0. The second-order valence-electron chi connectivity index (χ2n) is 0.192. The molecule has 0 rings (SSSR count). The van der Waals surface area contributed by atoms with E-state index >= 15 is 0 Å². The molecule has 0 atom stereocenters. The minimum absolute atomic E-state index is 0. The van der Waals surface area contributed by atoms with Crippen LogP contribution in [0.1, 0.15) is 0 Å². The van der Waals surface area contributed by atoms with Crippen LogP contribution < -0.4 is 8.32 Å². The quantitative estimate of drug-likeness (QED) is 0.418. The van der Waals surface area contributed by atoms with Crippen molar-refractivity contribution in [2.45, 2.75) is 0 Å². The Bertz CT molecular complexity index is 35.0. The van der Waals surface area contributed by atoms with Gasteiger partial charge in [0.1, 0.15) is 0 Å². The first-order chi connectivity index (χ1) is 2.83. The SMILES string of the molecule is [BaH2].[Mg+2].[O]=[Al][O-].[O]=[Al][O-]. The van der Waals surface area contributed by atoms with Crippen LogP contribution in [-0.2, 0) is 7.61 Å². The van der Waals surface area contributed by atoms with Gasteiger partial charge in [0.2, 0.25) is 0 Å². The second-order valence-corrected chi connectivity index (χ2v) is 0.577. The van der Waals surface area contributed by atoms with Crippen molar-refractivity contribution in [3.8, 4) is 0 Å². The molecule has 0 radical (unpaired) electrons. The average molecular weight is 282 g/mol. The summed E-state index contributed by atoms with van der Waals surface area (Å²) in [6, 6.07) is 0. The van der Waals surface area contributed by atoms with E-state index in [9.17, 15) is 0 Å². The van der Waals surface area contributed by atoms with Gasteiger partial charge in [-0.2, -0.15) is 0 Å². The zero-order chi connectivity index (χ0) is 5.41. The summed E-state index contributed by atoms with van der Waals surface area (Å²) < 4.78 is 33.8. The van der Waals surface area contributed by atoms with Crippen molar-refractivity contribution >= 4 is 103 Å². The minimum atomic E-state index is -1.75. The fourth-order valence-corrected chi connectivity index (χ4v) is 0. The van der Waals surface area contributed by atoms with Crippen molar-refractivity contribution in [3.63, 3.8) is 0 Å². The molecule has 0 spiro atoms. The summed E-state index contributed by atoms with van der Waals surface area (Å²) in [6.45, 7) is 0. The van der Waals surface area contributed by atoms with Crippen LogP contribution in [0, 0.1) is 0 Å². The van der Waals surface area contributed by atoms with E-state index in [4.69, 9.17) is 15.9 Å². The first kappa shape index (κ1) is 22.4. The van der Waals surface area contributed by atoms with Crippen molar-refractivity contribution in [2.24, 2.45) is 0 Å². The van der Waals surface area contributed by atoms with Gasteiger partial charge in [-0.05, 0) is 0 Å². The Morgan fingerprint density at radius 1 is 1.00 bits per heavy atom. The number of rotatable bonds is 0. The van der Waals surface area contributed by atoms with Gasteiger partial charge < -0.3 is 0 Å². The Kier molecular flexibility index (Phi) is 94.0. The van der Waals surface area contributed by atoms with Gasteiger partial charge in [-0.1, -0.05) is 0 Å². The van der Waals surface area contributed by atoms with Crippen molar-refractivity contribution < 1.29 is 15.9 Å². The third kappa shape index (κ3) is 73.4. The van der Waals surface area contributed by atoms with Crippen LogP contribution in [0.5, 0.6) is 0 Å². The molecule has 0 fully saturated rings. The summed E-state index contributed by atoms with van der Waals surface area (Å²) in [6.07, 6.45) is 0. The Labute approximate surface area is 116 Å². The van der Waals surface area contributed by atoms with E-state index in [2.05, 4.69) is 0 Å². The molecule has 8 heteroatoms. The van der Waals surface area contributed by atoms with Crippen LogP contribution in [0.15, 0.2) is 0 Å². The maximum absolute atomic E-state index is 8.46. The Morgan fingerprint density at radius 2 is 1.00 bits per heavy atom. The van der Waals surface area contributed by atoms with Gasteiger partial charge in [0, 0.05) is 0 Å². The van der Waals surface area contributed by atoms with Crippen LogP contribution in [0.25, 0.3) is 0 Å². The van der Waals surface area contributed by atoms with E-state index in [1.807, 2.05) is 0 Å². The molecule has 0 aromatic rings. The Morgan fingerprint density at radius 3 is 1.00 bits per heavy atom. The zero-order valence-electron chi connectivity index (χ0n) is 3.49. The zero-order valence-corrected chi connectivity index (χ0v) is 7.22. The topological polar surface area (TPSA) is 80.3 Å². The molecule has 0 aromatic heterocycles. The molecular weight excluding hydrogens is 280 g/mol. The molecule has 0 saturated heterocycles. The van der Waals surface area contributed by atoms with E-state index in [0.717, 1.165) is 0 Å². The van der Waals surface area contributed by atoms with E-state index in [0.29, 0.717) is 0 Å². The first-order valence-corrected chi connectivity index (χ1v) is 2.83. The van der Waals surface area contributed by atoms with Crippen molar-refractivity contribution in [2.75, 3.05) is 0 Å². The predicted octanol–water partition coefficient (Wildman–Crippen LogP) is -4.67. The van der Waals surface area contributed by atoms with Gasteiger partial charge in [-0.25, -0.2) is 0 Å². The molecule has 0 unspecified atom stereocenters. The van der Waals surface area contributed by atoms with Gasteiger partial charge in [0.25, 0.3) is 0 Å². The van der Waals surface area contributed by atoms with Gasteiger partial charge in [-0.15, -0.1) is 0 Å². The summed E-state index contributed by atoms with van der Waals surface area (Å²) >= 11 is -3.50. The third-order valence-corrected chi connectivity index (χ3v) is 0. The van der Waals surface area contributed by atoms with Crippen molar-refractivity contribution in [1.82, 2.24) is 0 Å². The van der Waals surface area contributed by atoms with Gasteiger partial charge in [0.05, 0.1) is 0 Å². The molecule has 36 valence electrons. The molecule has 0 aromatic carbocycles. The average Bonchev–Trinajstić information content (AvgIpc) is 1.39. The van der Waals surface area contributed by atoms with Crippen LogP contribution in [0.2, 0.25) is 0 Å². The molecular formula is H2Al2BaMgO4. The molecule has 8 heavy (non-hydrogen) atoms. The maximum atomic E-state index is 8.46. The third-order valence-electron chi connectivity index (χ3n) is 0. The Balaban J connectivity index is -0.0000000160. The van der Waals surface area contributed by atoms with Gasteiger partial charge >= 0.3 is 119 Å². The van der Waals surface area contributed by atoms with E-state index in [-0.39, 0.29) is 71.9 Å². The molecule has 0 amide bonds. The molecule has 0 bridgehead atoms. The van der Waals surface area contributed by atoms with Gasteiger partial charge in [-0.3, -0.25) is 0 Å². The number of hydrogen-bond acceptors (Lipinski definition) is 4. The fraction of sp³-hybridized carbons (Fsp3) is 0. The molecule has 4 nitrogen and oxygen atoms in total. The molecule has 0 aliphatic carbocycles. The van der Waals surface area contributed by atoms with E-state index < -0.39 is 31.0 Å². The standard InChI is InChI=1S/2Al.Ba.Mg.4O.2H/q;;;+2;;;2*-1;;. The normalized spacial score (nSPS) is 2.00. The van der Waals surface area contributed by atoms with Crippen LogP contribution in [0.3, 0.4) is 0 Å². The molecule has 0 aliphatic rings. The molecule has 0 heterocycles. The summed E-state index contributed by atoms with van der Waals surface area (Å²) in [5.74, 6) is 0. The van der Waals surface area contributed by atoms with Crippen LogP contribution in [-0.4, -0.2) is 103 Å². The van der Waals surface area contributed by atoms with Gasteiger partial charge in [0.15, 0.2) is 0 Å². The fourth-order valence-electron chi connectivity index (χ4n) is 0. The van der Waals surface area contributed by atoms with E-state index in [1.54, 1.807) is 0 Å². The summed E-state index contributed by atoms with van der Waals surface area (Å²) in [5.41, 5.74) is 0. The summed E-state index contributed by atoms with van der Waals surface area (Å²) in [5, 5.41) is 0. The second kappa shape index (κ2) is 33.5. The van der Waals surface area contributed by atoms with Crippen molar-refractivity contribution in [3.05, 3.63) is 0 Å². The monoisotopic (exact) mass is 282 g/mol. The van der Waals surface area contributed by atoms with Crippen LogP contribution >= 0.6 is 0 Å². The molecule has 0 saturated carbocycles. The van der Waals surface area contributed by atoms with E-state index in [1.165, 1.54) is 0 Å². The Hall–Kier alpha value is 2.60. The van der Waals surface area contributed by atoms with Crippen molar-refractivity contribution in [1.29, 1.82) is 0 Å². The molecule has 0 aliphatic heterocycles.